The van der Waals surface area contributed by atoms with Gasteiger partial charge in [-0.2, -0.15) is 0 Å². The molecule has 1 aromatic heterocycles. The van der Waals surface area contributed by atoms with Crippen molar-refractivity contribution in [3.05, 3.63) is 94.3 Å². The summed E-state index contributed by atoms with van der Waals surface area (Å²) in [5.74, 6) is 1.05. The molecule has 1 aliphatic rings. The molecule has 0 spiro atoms. The van der Waals surface area contributed by atoms with Gasteiger partial charge in [-0.05, 0) is 48.2 Å². The number of carbonyl (C=O) groups excluding carboxylic acids is 2. The highest BCUT2D eigenvalue weighted by atomic mass is 32.2. The molecule has 0 bridgehead atoms. The summed E-state index contributed by atoms with van der Waals surface area (Å²) in [7, 11) is 0. The Labute approximate surface area is 180 Å². The SMILES string of the molecule is Cc1ccc(C2=C(SCc3ccco3)C(=O)N(c3ccc(C(C)C)cc3)C2=O)cc1. The van der Waals surface area contributed by atoms with E-state index in [0.29, 0.717) is 27.8 Å². The third-order valence-electron chi connectivity index (χ3n) is 5.14. The summed E-state index contributed by atoms with van der Waals surface area (Å²) in [6.07, 6.45) is 1.61. The maximum Gasteiger partial charge on any atom is 0.272 e. The van der Waals surface area contributed by atoms with Crippen LogP contribution >= 0.6 is 11.8 Å². The lowest BCUT2D eigenvalue weighted by Gasteiger charge is -2.16. The zero-order chi connectivity index (χ0) is 21.3. The van der Waals surface area contributed by atoms with Crippen LogP contribution in [0.2, 0.25) is 0 Å². The standard InChI is InChI=1S/C25H23NO3S/c1-16(2)18-10-12-20(13-11-18)26-24(27)22(19-8-6-17(3)7-9-19)23(25(26)28)30-15-21-5-4-14-29-21/h4-14,16H,15H2,1-3H3. The zero-order valence-electron chi connectivity index (χ0n) is 17.2. The molecule has 2 heterocycles. The topological polar surface area (TPSA) is 50.5 Å². The van der Waals surface area contributed by atoms with Crippen LogP contribution in [0.3, 0.4) is 0 Å². The van der Waals surface area contributed by atoms with Gasteiger partial charge in [0.25, 0.3) is 11.8 Å². The number of nitrogens with zero attached hydrogens (tertiary/aromatic N) is 1. The van der Waals surface area contributed by atoms with E-state index < -0.39 is 0 Å². The van der Waals surface area contributed by atoms with Gasteiger partial charge in [-0.1, -0.05) is 55.8 Å². The average Bonchev–Trinajstić information content (AvgIpc) is 3.33. The van der Waals surface area contributed by atoms with E-state index in [1.165, 1.54) is 16.7 Å². The average molecular weight is 418 g/mol. The van der Waals surface area contributed by atoms with Crippen LogP contribution in [-0.4, -0.2) is 11.8 Å². The molecule has 0 aliphatic carbocycles. The molecule has 4 rings (SSSR count). The van der Waals surface area contributed by atoms with Gasteiger partial charge in [0.05, 0.1) is 28.2 Å². The molecule has 2 aromatic carbocycles. The largest absolute Gasteiger partial charge is 0.468 e. The van der Waals surface area contributed by atoms with Crippen LogP contribution in [0, 0.1) is 6.92 Å². The summed E-state index contributed by atoms with van der Waals surface area (Å²) in [6, 6.07) is 19.0. The molecule has 1 aliphatic heterocycles. The van der Waals surface area contributed by atoms with E-state index >= 15 is 0 Å². The number of hydrogen-bond acceptors (Lipinski definition) is 4. The van der Waals surface area contributed by atoms with Crippen LogP contribution in [0.25, 0.3) is 5.57 Å². The second kappa shape index (κ2) is 8.36. The number of hydrogen-bond donors (Lipinski definition) is 0. The van der Waals surface area contributed by atoms with E-state index in [4.69, 9.17) is 4.42 Å². The Morgan fingerprint density at radius 2 is 1.63 bits per heavy atom. The van der Waals surface area contributed by atoms with Crippen molar-refractivity contribution in [2.24, 2.45) is 0 Å². The summed E-state index contributed by atoms with van der Waals surface area (Å²) in [5.41, 5.74) is 4.05. The number of anilines is 1. The van der Waals surface area contributed by atoms with Gasteiger partial charge >= 0.3 is 0 Å². The Morgan fingerprint density at radius 3 is 2.23 bits per heavy atom. The Bertz CT molecular complexity index is 1090. The first-order valence-electron chi connectivity index (χ1n) is 9.91. The highest BCUT2D eigenvalue weighted by Gasteiger charge is 2.40. The van der Waals surface area contributed by atoms with Crippen molar-refractivity contribution in [2.45, 2.75) is 32.4 Å². The molecule has 2 amide bonds. The van der Waals surface area contributed by atoms with Crippen molar-refractivity contribution in [3.8, 4) is 0 Å². The third kappa shape index (κ3) is 3.85. The molecule has 3 aromatic rings. The maximum absolute atomic E-state index is 13.4. The van der Waals surface area contributed by atoms with Crippen LogP contribution in [0.4, 0.5) is 5.69 Å². The van der Waals surface area contributed by atoms with Crippen LogP contribution in [0.1, 0.15) is 42.2 Å². The summed E-state index contributed by atoms with van der Waals surface area (Å²) in [4.78, 5) is 28.5. The van der Waals surface area contributed by atoms with Gasteiger partial charge in [0.1, 0.15) is 5.76 Å². The van der Waals surface area contributed by atoms with Crippen molar-refractivity contribution >= 4 is 34.8 Å². The Hall–Kier alpha value is -3.05. The van der Waals surface area contributed by atoms with E-state index in [-0.39, 0.29) is 11.8 Å². The van der Waals surface area contributed by atoms with Gasteiger partial charge in [0.2, 0.25) is 0 Å². The van der Waals surface area contributed by atoms with Gasteiger partial charge in [0.15, 0.2) is 0 Å². The number of furan rings is 1. The molecule has 0 unspecified atom stereocenters. The number of rotatable bonds is 6. The second-order valence-electron chi connectivity index (χ2n) is 7.63. The minimum absolute atomic E-state index is 0.288. The Morgan fingerprint density at radius 1 is 0.933 bits per heavy atom. The monoisotopic (exact) mass is 417 g/mol. The number of thioether (sulfide) groups is 1. The first-order chi connectivity index (χ1) is 14.5. The molecule has 0 saturated heterocycles. The van der Waals surface area contributed by atoms with E-state index in [0.717, 1.165) is 22.5 Å². The van der Waals surface area contributed by atoms with Gasteiger partial charge in [-0.15, -0.1) is 11.8 Å². The van der Waals surface area contributed by atoms with Gasteiger partial charge in [-0.25, -0.2) is 4.90 Å². The Kier molecular flexibility index (Phi) is 5.64. The van der Waals surface area contributed by atoms with E-state index in [1.54, 1.807) is 6.26 Å². The number of aryl methyl sites for hydroxylation is 1. The lowest BCUT2D eigenvalue weighted by atomic mass is 10.0. The molecule has 0 saturated carbocycles. The van der Waals surface area contributed by atoms with E-state index in [9.17, 15) is 9.59 Å². The van der Waals surface area contributed by atoms with Crippen LogP contribution in [0.5, 0.6) is 0 Å². The molecule has 152 valence electrons. The molecule has 0 radical (unpaired) electrons. The van der Waals surface area contributed by atoms with Gasteiger partial charge < -0.3 is 4.42 Å². The minimum atomic E-state index is -0.289. The highest BCUT2D eigenvalue weighted by molar-refractivity contribution is 8.03. The minimum Gasteiger partial charge on any atom is -0.468 e. The molecule has 0 atom stereocenters. The number of imide groups is 1. The molecular weight excluding hydrogens is 394 g/mol. The molecule has 0 fully saturated rings. The van der Waals surface area contributed by atoms with Crippen molar-refractivity contribution in [2.75, 3.05) is 4.90 Å². The van der Waals surface area contributed by atoms with Crippen molar-refractivity contribution in [1.29, 1.82) is 0 Å². The van der Waals surface area contributed by atoms with Crippen molar-refractivity contribution < 1.29 is 14.0 Å². The second-order valence-corrected chi connectivity index (χ2v) is 8.62. The summed E-state index contributed by atoms with van der Waals surface area (Å²) >= 11 is 1.34. The fraction of sp³-hybridized carbons (Fsp3) is 0.200. The fourth-order valence-electron chi connectivity index (χ4n) is 3.40. The van der Waals surface area contributed by atoms with E-state index in [1.807, 2.05) is 67.6 Å². The third-order valence-corrected chi connectivity index (χ3v) is 6.23. The fourth-order valence-corrected chi connectivity index (χ4v) is 4.41. The van der Waals surface area contributed by atoms with Crippen LogP contribution in [-0.2, 0) is 15.3 Å². The lowest BCUT2D eigenvalue weighted by Crippen LogP contribution is -2.31. The lowest BCUT2D eigenvalue weighted by molar-refractivity contribution is -0.119. The summed E-state index contributed by atoms with van der Waals surface area (Å²) < 4.78 is 5.41. The zero-order valence-corrected chi connectivity index (χ0v) is 18.0. The normalized spacial score (nSPS) is 14.3. The molecule has 4 nitrogen and oxygen atoms in total. The Balaban J connectivity index is 1.71. The molecule has 30 heavy (non-hydrogen) atoms. The van der Waals surface area contributed by atoms with Gasteiger partial charge in [0, 0.05) is 0 Å². The first-order valence-corrected chi connectivity index (χ1v) is 10.9. The van der Waals surface area contributed by atoms with Crippen LogP contribution in [0.15, 0.2) is 76.2 Å². The molecular formula is C25H23NO3S. The van der Waals surface area contributed by atoms with E-state index in [2.05, 4.69) is 13.8 Å². The first kappa shape index (κ1) is 20.2. The number of benzene rings is 2. The van der Waals surface area contributed by atoms with Crippen molar-refractivity contribution in [1.82, 2.24) is 0 Å². The maximum atomic E-state index is 13.4. The van der Waals surface area contributed by atoms with Crippen molar-refractivity contribution in [3.63, 3.8) is 0 Å². The van der Waals surface area contributed by atoms with Crippen LogP contribution < -0.4 is 4.90 Å². The predicted molar refractivity (Wildman–Crippen MR) is 121 cm³/mol. The summed E-state index contributed by atoms with van der Waals surface area (Å²) in [6.45, 7) is 6.22. The quantitative estimate of drug-likeness (QED) is 0.467. The molecule has 5 heteroatoms. The highest BCUT2D eigenvalue weighted by Crippen LogP contribution is 2.39. The molecule has 0 N–H and O–H groups in total. The number of carbonyl (C=O) groups is 2. The number of amides is 2. The van der Waals surface area contributed by atoms with Gasteiger partial charge in [-0.3, -0.25) is 9.59 Å². The predicted octanol–water partition coefficient (Wildman–Crippen LogP) is 5.93. The smallest absolute Gasteiger partial charge is 0.272 e. The summed E-state index contributed by atoms with van der Waals surface area (Å²) in [5, 5.41) is 0.